The summed E-state index contributed by atoms with van der Waals surface area (Å²) in [7, 11) is -1.43. The molecule has 0 aliphatic heterocycles. The smallest absolute Gasteiger partial charge is 0.435 e. The average Bonchev–Trinajstić information content (AvgIpc) is 3.07. The topological polar surface area (TPSA) is 68.0 Å². The molecule has 1 heterocycles. The second kappa shape index (κ2) is 6.97. The number of aryl methyl sites for hydroxylation is 1. The van der Waals surface area contributed by atoms with E-state index in [1.54, 1.807) is 18.2 Å². The molecule has 3 aromatic rings. The van der Waals surface area contributed by atoms with Gasteiger partial charge in [0.15, 0.2) is 5.69 Å². The molecule has 1 unspecified atom stereocenters. The quantitative estimate of drug-likeness (QED) is 0.666. The van der Waals surface area contributed by atoms with Gasteiger partial charge in [-0.05, 0) is 48.9 Å². The highest BCUT2D eigenvalue weighted by Gasteiger charge is 2.35. The Morgan fingerprint density at radius 1 is 1.11 bits per heavy atom. The van der Waals surface area contributed by atoms with Gasteiger partial charge in [-0.15, -0.1) is 0 Å². The number of benzene rings is 2. The van der Waals surface area contributed by atoms with Crippen LogP contribution in [0.3, 0.4) is 0 Å². The van der Waals surface area contributed by atoms with Crippen molar-refractivity contribution in [3.63, 3.8) is 0 Å². The summed E-state index contributed by atoms with van der Waals surface area (Å²) in [6, 6.07) is 12.0. The highest BCUT2D eigenvalue weighted by atomic mass is 32.2. The molecule has 28 heavy (non-hydrogen) atoms. The van der Waals surface area contributed by atoms with E-state index in [1.807, 2.05) is 6.92 Å². The Morgan fingerprint density at radius 2 is 1.75 bits per heavy atom. The molecule has 0 amide bonds. The van der Waals surface area contributed by atoms with Gasteiger partial charge in [-0.3, -0.25) is 0 Å². The van der Waals surface area contributed by atoms with Crippen molar-refractivity contribution < 1.29 is 22.1 Å². The molecule has 0 fully saturated rings. The molecule has 2 aromatic carbocycles. The van der Waals surface area contributed by atoms with Crippen LogP contribution in [-0.4, -0.2) is 27.4 Å². The minimum atomic E-state index is -4.60. The van der Waals surface area contributed by atoms with Crippen molar-refractivity contribution in [3.8, 4) is 22.7 Å². The fourth-order valence-corrected chi connectivity index (χ4v) is 3.40. The first-order valence-corrected chi connectivity index (χ1v) is 10.1. The number of hydrogen-bond donors (Lipinski definition) is 1. The standard InChI is InChI=1S/C19H18F3N3O2S/c1-12-4-5-13(10-17(12)27-2)16-11-18(19(20,21)22)24-25(16)14-6-8-15(9-7-14)28(3,23)26/h4-11,23H,1-3H3. The average molecular weight is 409 g/mol. The van der Waals surface area contributed by atoms with Crippen molar-refractivity contribution in [2.45, 2.75) is 18.0 Å². The lowest BCUT2D eigenvalue weighted by Crippen LogP contribution is -2.07. The number of nitrogens with one attached hydrogen (secondary N) is 1. The van der Waals surface area contributed by atoms with Crippen LogP contribution in [0, 0.1) is 11.7 Å². The van der Waals surface area contributed by atoms with Gasteiger partial charge in [0.2, 0.25) is 0 Å². The van der Waals surface area contributed by atoms with Gasteiger partial charge >= 0.3 is 6.18 Å². The summed E-state index contributed by atoms with van der Waals surface area (Å²) in [5.41, 5.74) is 0.935. The monoisotopic (exact) mass is 409 g/mol. The normalized spacial score (nSPS) is 13.9. The summed E-state index contributed by atoms with van der Waals surface area (Å²) in [4.78, 5) is 0.290. The molecule has 0 saturated carbocycles. The number of methoxy groups -OCH3 is 1. The van der Waals surface area contributed by atoms with E-state index in [2.05, 4.69) is 5.10 Å². The Labute approximate surface area is 160 Å². The zero-order chi connectivity index (χ0) is 20.7. The van der Waals surface area contributed by atoms with Crippen molar-refractivity contribution in [1.29, 1.82) is 4.78 Å². The summed E-state index contributed by atoms with van der Waals surface area (Å²) >= 11 is 0. The predicted molar refractivity (Wildman–Crippen MR) is 100 cm³/mol. The van der Waals surface area contributed by atoms with Crippen LogP contribution in [0.2, 0.25) is 0 Å². The highest BCUT2D eigenvalue weighted by molar-refractivity contribution is 7.91. The third-order valence-corrected chi connectivity index (χ3v) is 5.41. The Kier molecular flexibility index (Phi) is 4.97. The largest absolute Gasteiger partial charge is 0.496 e. The minimum Gasteiger partial charge on any atom is -0.496 e. The number of rotatable bonds is 4. The van der Waals surface area contributed by atoms with Crippen LogP contribution in [0.1, 0.15) is 11.3 Å². The van der Waals surface area contributed by atoms with Crippen LogP contribution in [0.4, 0.5) is 13.2 Å². The van der Waals surface area contributed by atoms with Crippen LogP contribution in [-0.2, 0) is 15.9 Å². The summed E-state index contributed by atoms with van der Waals surface area (Å²) in [5.74, 6) is 0.550. The number of aromatic nitrogens is 2. The molecular formula is C19H18F3N3O2S. The molecule has 0 aliphatic rings. The predicted octanol–water partition coefficient (Wildman–Crippen LogP) is 4.91. The van der Waals surface area contributed by atoms with E-state index in [0.717, 1.165) is 11.6 Å². The Balaban J connectivity index is 2.19. The van der Waals surface area contributed by atoms with E-state index in [4.69, 9.17) is 9.52 Å². The zero-order valence-electron chi connectivity index (χ0n) is 15.4. The van der Waals surface area contributed by atoms with Crippen LogP contribution >= 0.6 is 0 Å². The molecule has 5 nitrogen and oxygen atoms in total. The van der Waals surface area contributed by atoms with Crippen LogP contribution < -0.4 is 4.74 Å². The first-order valence-electron chi connectivity index (χ1n) is 8.17. The molecule has 0 aliphatic carbocycles. The number of hydrogen-bond acceptors (Lipinski definition) is 4. The lowest BCUT2D eigenvalue weighted by Gasteiger charge is -2.11. The summed E-state index contributed by atoms with van der Waals surface area (Å²) in [6.07, 6.45) is -3.32. The van der Waals surface area contributed by atoms with E-state index in [1.165, 1.54) is 42.3 Å². The summed E-state index contributed by atoms with van der Waals surface area (Å²) in [6.45, 7) is 1.84. The van der Waals surface area contributed by atoms with E-state index >= 15 is 0 Å². The molecular weight excluding hydrogens is 391 g/mol. The van der Waals surface area contributed by atoms with Crippen molar-refractivity contribution in [1.82, 2.24) is 9.78 Å². The third-order valence-electron chi connectivity index (χ3n) is 4.23. The maximum absolute atomic E-state index is 13.3. The molecule has 148 valence electrons. The molecule has 9 heteroatoms. The molecule has 1 aromatic heterocycles. The first-order chi connectivity index (χ1) is 13.0. The van der Waals surface area contributed by atoms with Crippen LogP contribution in [0.25, 0.3) is 16.9 Å². The van der Waals surface area contributed by atoms with Gasteiger partial charge in [-0.25, -0.2) is 13.7 Å². The molecule has 1 N–H and O–H groups in total. The lowest BCUT2D eigenvalue weighted by molar-refractivity contribution is -0.141. The van der Waals surface area contributed by atoms with Crippen molar-refractivity contribution in [3.05, 3.63) is 59.8 Å². The molecule has 1 atom stereocenters. The zero-order valence-corrected chi connectivity index (χ0v) is 16.2. The van der Waals surface area contributed by atoms with Crippen molar-refractivity contribution >= 4 is 9.73 Å². The van der Waals surface area contributed by atoms with Gasteiger partial charge in [0.25, 0.3) is 0 Å². The fourth-order valence-electron chi connectivity index (χ4n) is 2.75. The molecule has 0 bridgehead atoms. The van der Waals surface area contributed by atoms with Gasteiger partial charge in [0, 0.05) is 16.7 Å². The summed E-state index contributed by atoms with van der Waals surface area (Å²) in [5, 5.41) is 3.73. The Bertz CT molecular complexity index is 1120. The Morgan fingerprint density at radius 3 is 2.29 bits per heavy atom. The number of halogens is 3. The van der Waals surface area contributed by atoms with E-state index in [0.29, 0.717) is 17.0 Å². The Hall–Kier alpha value is -2.81. The van der Waals surface area contributed by atoms with Crippen molar-refractivity contribution in [2.75, 3.05) is 13.4 Å². The van der Waals surface area contributed by atoms with E-state index in [9.17, 15) is 17.4 Å². The van der Waals surface area contributed by atoms with Gasteiger partial charge in [0.05, 0.1) is 28.2 Å². The summed E-state index contributed by atoms with van der Waals surface area (Å²) < 4.78 is 65.8. The number of ether oxygens (including phenoxy) is 1. The fraction of sp³-hybridized carbons (Fsp3) is 0.211. The molecule has 3 rings (SSSR count). The molecule has 0 radical (unpaired) electrons. The van der Waals surface area contributed by atoms with Gasteiger partial charge in [-0.2, -0.15) is 18.3 Å². The van der Waals surface area contributed by atoms with Crippen LogP contribution in [0.15, 0.2) is 53.4 Å². The third kappa shape index (κ3) is 3.89. The molecule has 0 saturated heterocycles. The van der Waals surface area contributed by atoms with Gasteiger partial charge in [0.1, 0.15) is 5.75 Å². The SMILES string of the molecule is COc1cc(-c2cc(C(F)(F)F)nn2-c2ccc(S(C)(=N)=O)cc2)ccc1C. The minimum absolute atomic E-state index is 0.237. The number of nitrogens with zero attached hydrogens (tertiary/aromatic N) is 2. The molecule has 0 spiro atoms. The van der Waals surface area contributed by atoms with Gasteiger partial charge < -0.3 is 4.74 Å². The van der Waals surface area contributed by atoms with E-state index < -0.39 is 21.6 Å². The van der Waals surface area contributed by atoms with Crippen molar-refractivity contribution in [2.24, 2.45) is 0 Å². The van der Waals surface area contributed by atoms with Crippen LogP contribution in [0.5, 0.6) is 5.75 Å². The lowest BCUT2D eigenvalue weighted by atomic mass is 10.1. The maximum atomic E-state index is 13.3. The second-order valence-electron chi connectivity index (χ2n) is 6.35. The second-order valence-corrected chi connectivity index (χ2v) is 8.51. The van der Waals surface area contributed by atoms with E-state index in [-0.39, 0.29) is 10.6 Å². The maximum Gasteiger partial charge on any atom is 0.435 e. The highest BCUT2D eigenvalue weighted by Crippen LogP contribution is 2.35. The number of alkyl halides is 3. The van der Waals surface area contributed by atoms with Gasteiger partial charge in [-0.1, -0.05) is 12.1 Å². The first kappa shape index (κ1) is 19.9.